The number of rotatable bonds is 7. The Morgan fingerprint density at radius 3 is 2.97 bits per heavy atom. The van der Waals surface area contributed by atoms with Gasteiger partial charge in [0, 0.05) is 29.6 Å². The van der Waals surface area contributed by atoms with Crippen molar-refractivity contribution in [3.05, 3.63) is 46.0 Å². The standard InChI is InChI=1S/C24H32N6O3/c1-3-32-18-8-9-21-17(12-18)13-20(24(31)25-21)22(29-10-4-6-16(2)14-29)23-26-27-28-30(23)15-19-7-5-11-33-19/h8-9,12-13,16,19,22H,3-7,10-11,14-15H2,1-2H3,(H,25,31)/t16-,19-,22+/m0/s1. The fraction of sp³-hybridized carbons (Fsp3) is 0.583. The third-order valence-corrected chi connectivity index (χ3v) is 6.71. The van der Waals surface area contributed by atoms with Crippen molar-refractivity contribution in [3.8, 4) is 5.75 Å². The molecule has 0 amide bonds. The van der Waals surface area contributed by atoms with Gasteiger partial charge in [-0.05, 0) is 79.8 Å². The maximum atomic E-state index is 13.3. The van der Waals surface area contributed by atoms with E-state index in [4.69, 9.17) is 9.47 Å². The summed E-state index contributed by atoms with van der Waals surface area (Å²) in [4.78, 5) is 18.8. The van der Waals surface area contributed by atoms with Crippen LogP contribution in [0.1, 0.15) is 57.0 Å². The number of tetrazole rings is 1. The van der Waals surface area contributed by atoms with Crippen LogP contribution in [0.15, 0.2) is 29.1 Å². The fourth-order valence-corrected chi connectivity index (χ4v) is 5.14. The average molecular weight is 453 g/mol. The van der Waals surface area contributed by atoms with Crippen LogP contribution in [0.4, 0.5) is 0 Å². The summed E-state index contributed by atoms with van der Waals surface area (Å²) in [6, 6.07) is 7.40. The van der Waals surface area contributed by atoms with Crippen LogP contribution in [0.5, 0.6) is 5.75 Å². The molecule has 5 rings (SSSR count). The molecule has 9 heteroatoms. The number of benzene rings is 1. The Hall–Kier alpha value is -2.78. The van der Waals surface area contributed by atoms with Crippen LogP contribution in [0.2, 0.25) is 0 Å². The molecular weight excluding hydrogens is 420 g/mol. The Labute approximate surface area is 193 Å². The summed E-state index contributed by atoms with van der Waals surface area (Å²) in [5.41, 5.74) is 1.34. The second kappa shape index (κ2) is 9.61. The summed E-state index contributed by atoms with van der Waals surface area (Å²) in [6.07, 6.45) is 4.45. The molecule has 3 aromatic rings. The largest absolute Gasteiger partial charge is 0.494 e. The van der Waals surface area contributed by atoms with E-state index in [0.29, 0.717) is 30.5 Å². The quantitative estimate of drug-likeness (QED) is 0.588. The molecule has 2 aliphatic heterocycles. The third-order valence-electron chi connectivity index (χ3n) is 6.71. The van der Waals surface area contributed by atoms with Crippen LogP contribution < -0.4 is 10.3 Å². The van der Waals surface area contributed by atoms with Gasteiger partial charge in [0.2, 0.25) is 0 Å². The summed E-state index contributed by atoms with van der Waals surface area (Å²) < 4.78 is 13.4. The van der Waals surface area contributed by atoms with Crippen molar-refractivity contribution in [3.63, 3.8) is 0 Å². The molecule has 0 bridgehead atoms. The summed E-state index contributed by atoms with van der Waals surface area (Å²) in [6.45, 7) is 7.99. The van der Waals surface area contributed by atoms with Gasteiger partial charge in [-0.15, -0.1) is 5.10 Å². The maximum Gasteiger partial charge on any atom is 0.253 e. The molecule has 0 saturated carbocycles. The highest BCUT2D eigenvalue weighted by atomic mass is 16.5. The summed E-state index contributed by atoms with van der Waals surface area (Å²) in [5.74, 6) is 2.03. The zero-order valence-electron chi connectivity index (χ0n) is 19.4. The Morgan fingerprint density at radius 1 is 1.27 bits per heavy atom. The molecule has 1 N–H and O–H groups in total. The minimum atomic E-state index is -0.326. The molecule has 2 aliphatic rings. The van der Waals surface area contributed by atoms with E-state index in [-0.39, 0.29) is 17.7 Å². The van der Waals surface area contributed by atoms with Crippen LogP contribution in [0.25, 0.3) is 10.9 Å². The minimum absolute atomic E-state index is 0.108. The Balaban J connectivity index is 1.59. The van der Waals surface area contributed by atoms with E-state index >= 15 is 0 Å². The monoisotopic (exact) mass is 452 g/mol. The predicted octanol–water partition coefficient (Wildman–Crippen LogP) is 2.91. The van der Waals surface area contributed by atoms with E-state index in [1.165, 1.54) is 6.42 Å². The van der Waals surface area contributed by atoms with Crippen LogP contribution in [0.3, 0.4) is 0 Å². The summed E-state index contributed by atoms with van der Waals surface area (Å²) in [5, 5.41) is 13.7. The number of pyridine rings is 1. The molecule has 3 atom stereocenters. The first-order valence-electron chi connectivity index (χ1n) is 12.0. The Bertz CT molecular complexity index is 1150. The highest BCUT2D eigenvalue weighted by Crippen LogP contribution is 2.32. The zero-order valence-corrected chi connectivity index (χ0v) is 19.4. The van der Waals surface area contributed by atoms with Gasteiger partial charge in [0.25, 0.3) is 5.56 Å². The van der Waals surface area contributed by atoms with Gasteiger partial charge in [-0.2, -0.15) is 0 Å². The van der Waals surface area contributed by atoms with E-state index < -0.39 is 0 Å². The predicted molar refractivity (Wildman–Crippen MR) is 124 cm³/mol. The molecule has 9 nitrogen and oxygen atoms in total. The van der Waals surface area contributed by atoms with E-state index in [9.17, 15) is 4.79 Å². The number of aromatic amines is 1. The first-order chi connectivity index (χ1) is 16.1. The van der Waals surface area contributed by atoms with Gasteiger partial charge >= 0.3 is 0 Å². The molecule has 2 fully saturated rings. The van der Waals surface area contributed by atoms with E-state index in [1.54, 1.807) is 0 Å². The van der Waals surface area contributed by atoms with Crippen molar-refractivity contribution >= 4 is 10.9 Å². The van der Waals surface area contributed by atoms with Gasteiger partial charge in [-0.1, -0.05) is 6.92 Å². The number of H-pyrrole nitrogens is 1. The van der Waals surface area contributed by atoms with Crippen molar-refractivity contribution in [2.75, 3.05) is 26.3 Å². The second-order valence-corrected chi connectivity index (χ2v) is 9.23. The SMILES string of the molecule is CCOc1ccc2[nH]c(=O)c([C@H](c3nnnn3C[C@@H]3CCCO3)N3CCC[C@H](C)C3)cc2c1. The molecule has 4 heterocycles. The number of hydrogen-bond acceptors (Lipinski definition) is 7. The number of ether oxygens (including phenoxy) is 2. The second-order valence-electron chi connectivity index (χ2n) is 9.23. The Kier molecular flexibility index (Phi) is 6.41. The highest BCUT2D eigenvalue weighted by Gasteiger charge is 2.33. The van der Waals surface area contributed by atoms with Crippen molar-refractivity contribution in [1.82, 2.24) is 30.1 Å². The highest BCUT2D eigenvalue weighted by molar-refractivity contribution is 5.80. The van der Waals surface area contributed by atoms with Crippen molar-refractivity contribution in [1.29, 1.82) is 0 Å². The molecule has 1 aromatic carbocycles. The maximum absolute atomic E-state index is 13.3. The topological polar surface area (TPSA) is 98.2 Å². The molecule has 2 aromatic heterocycles. The lowest BCUT2D eigenvalue weighted by molar-refractivity contribution is 0.0889. The number of nitrogens with one attached hydrogen (secondary N) is 1. The first-order valence-corrected chi connectivity index (χ1v) is 12.0. The van der Waals surface area contributed by atoms with E-state index in [1.807, 2.05) is 35.9 Å². The van der Waals surface area contributed by atoms with Crippen LogP contribution in [-0.4, -0.2) is 62.5 Å². The molecule has 0 radical (unpaired) electrons. The minimum Gasteiger partial charge on any atom is -0.494 e. The van der Waals surface area contributed by atoms with E-state index in [0.717, 1.165) is 55.6 Å². The summed E-state index contributed by atoms with van der Waals surface area (Å²) in [7, 11) is 0. The van der Waals surface area contributed by atoms with Gasteiger partial charge in [0.05, 0.1) is 19.3 Å². The van der Waals surface area contributed by atoms with Crippen molar-refractivity contribution in [2.45, 2.75) is 58.2 Å². The van der Waals surface area contributed by atoms with Crippen LogP contribution >= 0.6 is 0 Å². The smallest absolute Gasteiger partial charge is 0.253 e. The van der Waals surface area contributed by atoms with Crippen molar-refractivity contribution < 1.29 is 9.47 Å². The van der Waals surface area contributed by atoms with Crippen LogP contribution in [0, 0.1) is 5.92 Å². The third kappa shape index (κ3) is 4.65. The van der Waals surface area contributed by atoms with Crippen LogP contribution in [-0.2, 0) is 11.3 Å². The molecule has 33 heavy (non-hydrogen) atoms. The number of nitrogens with zero attached hydrogens (tertiary/aromatic N) is 5. The molecular formula is C24H32N6O3. The number of aromatic nitrogens is 5. The Morgan fingerprint density at radius 2 is 2.18 bits per heavy atom. The fourth-order valence-electron chi connectivity index (χ4n) is 5.14. The van der Waals surface area contributed by atoms with Gasteiger partial charge in [0.1, 0.15) is 11.8 Å². The normalized spacial score (nSPS) is 22.6. The lowest BCUT2D eigenvalue weighted by atomic mass is 9.95. The van der Waals surface area contributed by atoms with Crippen molar-refractivity contribution in [2.24, 2.45) is 5.92 Å². The summed E-state index contributed by atoms with van der Waals surface area (Å²) >= 11 is 0. The molecule has 176 valence electrons. The average Bonchev–Trinajstić information content (AvgIpc) is 3.48. The van der Waals surface area contributed by atoms with Gasteiger partial charge in [-0.3, -0.25) is 9.69 Å². The number of fused-ring (bicyclic) bond motifs is 1. The molecule has 0 unspecified atom stereocenters. The van der Waals surface area contributed by atoms with Gasteiger partial charge in [0.15, 0.2) is 5.82 Å². The molecule has 0 aliphatic carbocycles. The number of piperidine rings is 1. The first kappa shape index (κ1) is 22.0. The number of likely N-dealkylation sites (tertiary alicyclic amines) is 1. The molecule has 2 saturated heterocycles. The lowest BCUT2D eigenvalue weighted by Crippen LogP contribution is -2.41. The zero-order chi connectivity index (χ0) is 22.8. The van der Waals surface area contributed by atoms with E-state index in [2.05, 4.69) is 32.3 Å². The van der Waals surface area contributed by atoms with Gasteiger partial charge < -0.3 is 14.5 Å². The van der Waals surface area contributed by atoms with Gasteiger partial charge in [-0.25, -0.2) is 4.68 Å². The lowest BCUT2D eigenvalue weighted by Gasteiger charge is -2.36. The number of hydrogen-bond donors (Lipinski definition) is 1. The molecule has 0 spiro atoms.